The zero-order chi connectivity index (χ0) is 18.2. The lowest BCUT2D eigenvalue weighted by Crippen LogP contribution is -2.40. The van der Waals surface area contributed by atoms with E-state index in [-0.39, 0.29) is 24.0 Å². The third kappa shape index (κ3) is 6.52. The van der Waals surface area contributed by atoms with Crippen molar-refractivity contribution in [1.82, 2.24) is 20.4 Å². The summed E-state index contributed by atoms with van der Waals surface area (Å²) >= 11 is 0. The van der Waals surface area contributed by atoms with Gasteiger partial charge in [0.15, 0.2) is 5.96 Å². The van der Waals surface area contributed by atoms with Crippen LogP contribution in [0.5, 0.6) is 0 Å². The fourth-order valence-corrected chi connectivity index (χ4v) is 3.72. The average Bonchev–Trinajstić information content (AvgIpc) is 3.10. The van der Waals surface area contributed by atoms with Gasteiger partial charge in [-0.3, -0.25) is 4.68 Å². The lowest BCUT2D eigenvalue weighted by atomic mass is 9.79. The molecule has 1 aliphatic rings. The molecule has 0 radical (unpaired) electrons. The summed E-state index contributed by atoms with van der Waals surface area (Å²) in [7, 11) is 1.95. The number of benzene rings is 1. The van der Waals surface area contributed by atoms with Crippen molar-refractivity contribution in [2.75, 3.05) is 13.1 Å². The van der Waals surface area contributed by atoms with Gasteiger partial charge in [-0.15, -0.1) is 24.0 Å². The normalized spacial score (nSPS) is 20.0. The van der Waals surface area contributed by atoms with Gasteiger partial charge in [-0.25, -0.2) is 4.99 Å². The van der Waals surface area contributed by atoms with Crippen LogP contribution in [0.4, 0.5) is 0 Å². The highest BCUT2D eigenvalue weighted by atomic mass is 127. The Balaban J connectivity index is 0.00000261. The first-order valence-electron chi connectivity index (χ1n) is 9.80. The number of aromatic nitrogens is 2. The summed E-state index contributed by atoms with van der Waals surface area (Å²) in [4.78, 5) is 4.70. The third-order valence-electron chi connectivity index (χ3n) is 5.34. The van der Waals surface area contributed by atoms with Crippen LogP contribution in [0.15, 0.2) is 47.6 Å². The molecule has 1 saturated carbocycles. The van der Waals surface area contributed by atoms with E-state index in [0.29, 0.717) is 6.54 Å². The van der Waals surface area contributed by atoms with Gasteiger partial charge in [-0.1, -0.05) is 30.3 Å². The number of halogens is 1. The standard InChI is InChI=1S/C21H31N5.HI/c1-3-22-21(24-16-20-13-14-25-26(20)2)23-15-17-9-11-19(12-10-17)18-7-5-4-6-8-18;/h4-8,13-14,17,19H,3,9-12,15-16H2,1-2H3,(H2,22,23,24);1H. The van der Waals surface area contributed by atoms with Crippen LogP contribution in [0, 0.1) is 5.92 Å². The predicted molar refractivity (Wildman–Crippen MR) is 123 cm³/mol. The van der Waals surface area contributed by atoms with Crippen molar-refractivity contribution in [3.63, 3.8) is 0 Å². The molecule has 0 atom stereocenters. The molecule has 6 heteroatoms. The molecule has 5 nitrogen and oxygen atoms in total. The summed E-state index contributed by atoms with van der Waals surface area (Å²) < 4.78 is 1.87. The summed E-state index contributed by atoms with van der Waals surface area (Å²) in [6.07, 6.45) is 6.97. The van der Waals surface area contributed by atoms with Crippen molar-refractivity contribution >= 4 is 29.9 Å². The summed E-state index contributed by atoms with van der Waals surface area (Å²) in [5, 5.41) is 11.1. The van der Waals surface area contributed by atoms with Gasteiger partial charge in [-0.05, 0) is 56.1 Å². The highest BCUT2D eigenvalue weighted by Gasteiger charge is 2.22. The largest absolute Gasteiger partial charge is 0.357 e. The molecule has 0 bridgehead atoms. The Morgan fingerprint density at radius 1 is 1.11 bits per heavy atom. The van der Waals surface area contributed by atoms with E-state index in [1.54, 1.807) is 0 Å². The Morgan fingerprint density at radius 2 is 1.85 bits per heavy atom. The zero-order valence-corrected chi connectivity index (χ0v) is 18.7. The molecule has 0 spiro atoms. The van der Waals surface area contributed by atoms with Crippen molar-refractivity contribution in [2.45, 2.75) is 45.1 Å². The zero-order valence-electron chi connectivity index (χ0n) is 16.4. The lowest BCUT2D eigenvalue weighted by molar-refractivity contribution is 0.324. The van der Waals surface area contributed by atoms with Crippen LogP contribution in [-0.4, -0.2) is 28.8 Å². The van der Waals surface area contributed by atoms with E-state index in [1.165, 1.54) is 31.2 Å². The third-order valence-corrected chi connectivity index (χ3v) is 5.34. The van der Waals surface area contributed by atoms with E-state index in [2.05, 4.69) is 53.0 Å². The number of guanidine groups is 1. The molecule has 1 aromatic heterocycles. The fraction of sp³-hybridized carbons (Fsp3) is 0.524. The van der Waals surface area contributed by atoms with Crippen LogP contribution in [-0.2, 0) is 13.6 Å². The molecule has 1 aromatic carbocycles. The van der Waals surface area contributed by atoms with Gasteiger partial charge < -0.3 is 10.6 Å². The lowest BCUT2D eigenvalue weighted by Gasteiger charge is -2.29. The van der Waals surface area contributed by atoms with Gasteiger partial charge in [0, 0.05) is 26.3 Å². The highest BCUT2D eigenvalue weighted by molar-refractivity contribution is 14.0. The SMILES string of the molecule is CCNC(=NCc1ccnn1C)NCC1CCC(c2ccccc2)CC1.I. The van der Waals surface area contributed by atoms with E-state index in [0.717, 1.165) is 36.6 Å². The topological polar surface area (TPSA) is 54.2 Å². The number of hydrogen-bond donors (Lipinski definition) is 2. The first-order valence-corrected chi connectivity index (χ1v) is 9.80. The molecule has 27 heavy (non-hydrogen) atoms. The van der Waals surface area contributed by atoms with E-state index >= 15 is 0 Å². The van der Waals surface area contributed by atoms with Crippen LogP contribution in [0.2, 0.25) is 0 Å². The summed E-state index contributed by atoms with van der Waals surface area (Å²) in [5.74, 6) is 2.37. The van der Waals surface area contributed by atoms with Crippen LogP contribution in [0.25, 0.3) is 0 Å². The van der Waals surface area contributed by atoms with Gasteiger partial charge in [0.05, 0.1) is 12.2 Å². The summed E-state index contributed by atoms with van der Waals surface area (Å²) in [6.45, 7) is 4.62. The van der Waals surface area contributed by atoms with E-state index < -0.39 is 0 Å². The molecule has 0 aliphatic heterocycles. The Morgan fingerprint density at radius 3 is 2.48 bits per heavy atom. The maximum absolute atomic E-state index is 4.70. The van der Waals surface area contributed by atoms with Crippen LogP contribution in [0.1, 0.15) is 49.8 Å². The molecule has 0 saturated heterocycles. The number of hydrogen-bond acceptors (Lipinski definition) is 2. The smallest absolute Gasteiger partial charge is 0.191 e. The minimum absolute atomic E-state index is 0. The molecule has 2 aromatic rings. The molecular formula is C21H32IN5. The molecule has 148 valence electrons. The number of rotatable bonds is 6. The number of nitrogens with one attached hydrogen (secondary N) is 2. The van der Waals surface area contributed by atoms with Crippen molar-refractivity contribution in [3.8, 4) is 0 Å². The molecule has 1 fully saturated rings. The highest BCUT2D eigenvalue weighted by Crippen LogP contribution is 2.35. The van der Waals surface area contributed by atoms with Crippen molar-refractivity contribution < 1.29 is 0 Å². The fourth-order valence-electron chi connectivity index (χ4n) is 3.72. The van der Waals surface area contributed by atoms with Crippen LogP contribution in [0.3, 0.4) is 0 Å². The quantitative estimate of drug-likeness (QED) is 0.372. The first kappa shape index (κ1) is 21.7. The average molecular weight is 481 g/mol. The van der Waals surface area contributed by atoms with E-state index in [4.69, 9.17) is 4.99 Å². The first-order chi connectivity index (χ1) is 12.8. The molecule has 0 amide bonds. The maximum Gasteiger partial charge on any atom is 0.191 e. The van der Waals surface area contributed by atoms with Gasteiger partial charge >= 0.3 is 0 Å². The van der Waals surface area contributed by atoms with Crippen LogP contribution >= 0.6 is 24.0 Å². The minimum Gasteiger partial charge on any atom is -0.357 e. The monoisotopic (exact) mass is 481 g/mol. The Hall–Kier alpha value is -1.57. The van der Waals surface area contributed by atoms with E-state index in [1.807, 2.05) is 24.0 Å². The van der Waals surface area contributed by atoms with Gasteiger partial charge in [0.25, 0.3) is 0 Å². The second-order valence-electron chi connectivity index (χ2n) is 7.15. The molecule has 2 N–H and O–H groups in total. The summed E-state index contributed by atoms with van der Waals surface area (Å²) in [6, 6.07) is 13.0. The number of aliphatic imine (C=N–C) groups is 1. The minimum atomic E-state index is 0. The number of nitrogens with zero attached hydrogens (tertiary/aromatic N) is 3. The maximum atomic E-state index is 4.70. The predicted octanol–water partition coefficient (Wildman–Crippen LogP) is 4.07. The molecule has 0 unspecified atom stereocenters. The molecule has 1 aliphatic carbocycles. The van der Waals surface area contributed by atoms with Crippen molar-refractivity contribution in [3.05, 3.63) is 53.9 Å². The van der Waals surface area contributed by atoms with Gasteiger partial charge in [0.2, 0.25) is 0 Å². The molecular weight excluding hydrogens is 449 g/mol. The number of aryl methyl sites for hydroxylation is 1. The van der Waals surface area contributed by atoms with Gasteiger partial charge in [-0.2, -0.15) is 5.10 Å². The molecule has 3 rings (SSSR count). The molecule has 1 heterocycles. The second kappa shape index (κ2) is 11.3. The van der Waals surface area contributed by atoms with Crippen LogP contribution < -0.4 is 10.6 Å². The Kier molecular flexibility index (Phi) is 9.10. The summed E-state index contributed by atoms with van der Waals surface area (Å²) in [5.41, 5.74) is 2.62. The van der Waals surface area contributed by atoms with Crippen molar-refractivity contribution in [1.29, 1.82) is 0 Å². The van der Waals surface area contributed by atoms with Crippen molar-refractivity contribution in [2.24, 2.45) is 18.0 Å². The van der Waals surface area contributed by atoms with Gasteiger partial charge in [0.1, 0.15) is 0 Å². The van der Waals surface area contributed by atoms with E-state index in [9.17, 15) is 0 Å². The second-order valence-corrected chi connectivity index (χ2v) is 7.15. The Bertz CT molecular complexity index is 690. The Labute approximate surface area is 180 Å².